The van der Waals surface area contributed by atoms with E-state index in [4.69, 9.17) is 23.1 Å². The Morgan fingerprint density at radius 2 is 1.95 bits per heavy atom. The highest BCUT2D eigenvalue weighted by Crippen LogP contribution is 2.21. The van der Waals surface area contributed by atoms with E-state index < -0.39 is 30.1 Å². The van der Waals surface area contributed by atoms with Gasteiger partial charge in [0.05, 0.1) is 17.1 Å². The first-order valence-electron chi connectivity index (χ1n) is 4.96. The number of carbonyl (C=O) groups is 2. The number of hydrogen-bond acceptors (Lipinski definition) is 2. The molecular weight excluding hydrogens is 280 g/mol. The molecule has 0 fully saturated rings. The van der Waals surface area contributed by atoms with Gasteiger partial charge in [-0.3, -0.25) is 9.59 Å². The summed E-state index contributed by atoms with van der Waals surface area (Å²) in [6, 6.07) is 1.24. The number of benzene rings is 1. The third-order valence-corrected chi connectivity index (χ3v) is 2.45. The molecule has 1 aromatic rings. The molecule has 0 aliphatic carbocycles. The fourth-order valence-electron chi connectivity index (χ4n) is 1.33. The van der Waals surface area contributed by atoms with E-state index in [-0.39, 0.29) is 17.1 Å². The summed E-state index contributed by atoms with van der Waals surface area (Å²) in [6.07, 6.45) is 5.01. The van der Waals surface area contributed by atoms with Crippen LogP contribution in [0.25, 0.3) is 0 Å². The molecule has 7 heteroatoms. The standard InChI is InChI=1S/C12H8ClF2NO3/c1-2-3-16(6-11(17)18)12(19)7-4-9(14)10(15)5-8(7)13/h1,4-5H,3,6H2,(H,17,18). The average molecular weight is 288 g/mol. The quantitative estimate of drug-likeness (QED) is 0.678. The smallest absolute Gasteiger partial charge is 0.323 e. The predicted molar refractivity (Wildman–Crippen MR) is 63.7 cm³/mol. The Hall–Kier alpha value is -2.13. The van der Waals surface area contributed by atoms with Gasteiger partial charge in [-0.25, -0.2) is 8.78 Å². The van der Waals surface area contributed by atoms with E-state index >= 15 is 0 Å². The van der Waals surface area contributed by atoms with Gasteiger partial charge in [0.1, 0.15) is 6.54 Å². The fourth-order valence-corrected chi connectivity index (χ4v) is 1.56. The molecule has 0 saturated heterocycles. The van der Waals surface area contributed by atoms with Crippen LogP contribution in [0, 0.1) is 24.0 Å². The molecule has 1 amide bonds. The van der Waals surface area contributed by atoms with E-state index in [0.717, 1.165) is 4.90 Å². The first kappa shape index (κ1) is 14.9. The van der Waals surface area contributed by atoms with Crippen molar-refractivity contribution in [2.45, 2.75) is 0 Å². The Labute approximate surface area is 112 Å². The molecule has 1 N–H and O–H groups in total. The summed E-state index contributed by atoms with van der Waals surface area (Å²) in [5.41, 5.74) is -0.350. The monoisotopic (exact) mass is 287 g/mol. The van der Waals surface area contributed by atoms with E-state index in [2.05, 4.69) is 5.92 Å². The molecule has 0 aliphatic heterocycles. The van der Waals surface area contributed by atoms with Crippen LogP contribution >= 0.6 is 11.6 Å². The lowest BCUT2D eigenvalue weighted by atomic mass is 10.2. The highest BCUT2D eigenvalue weighted by molar-refractivity contribution is 6.33. The van der Waals surface area contributed by atoms with Gasteiger partial charge in [0.15, 0.2) is 11.6 Å². The van der Waals surface area contributed by atoms with Gasteiger partial charge >= 0.3 is 5.97 Å². The Morgan fingerprint density at radius 1 is 1.37 bits per heavy atom. The van der Waals surface area contributed by atoms with Crippen molar-refractivity contribution in [3.63, 3.8) is 0 Å². The zero-order chi connectivity index (χ0) is 14.6. The van der Waals surface area contributed by atoms with Crippen LogP contribution in [-0.4, -0.2) is 35.0 Å². The second-order valence-corrected chi connectivity index (χ2v) is 3.91. The average Bonchev–Trinajstić information content (AvgIpc) is 2.32. The molecule has 0 saturated carbocycles. The van der Waals surface area contributed by atoms with Crippen LogP contribution < -0.4 is 0 Å². The minimum absolute atomic E-state index is 0.291. The van der Waals surface area contributed by atoms with Crippen molar-refractivity contribution in [2.24, 2.45) is 0 Å². The van der Waals surface area contributed by atoms with Gasteiger partial charge in [-0.1, -0.05) is 17.5 Å². The summed E-state index contributed by atoms with van der Waals surface area (Å²) in [4.78, 5) is 23.3. The summed E-state index contributed by atoms with van der Waals surface area (Å²) in [5.74, 6) is -2.54. The molecule has 0 aromatic heterocycles. The highest BCUT2D eigenvalue weighted by Gasteiger charge is 2.22. The number of hydrogen-bond donors (Lipinski definition) is 1. The number of carbonyl (C=O) groups excluding carboxylic acids is 1. The third kappa shape index (κ3) is 3.66. The SMILES string of the molecule is C#CCN(CC(=O)O)C(=O)c1cc(F)c(F)cc1Cl. The molecule has 100 valence electrons. The van der Waals surface area contributed by atoms with Gasteiger partial charge in [-0.2, -0.15) is 0 Å². The number of terminal acetylenes is 1. The molecular formula is C12H8ClF2NO3. The van der Waals surface area contributed by atoms with Crippen molar-refractivity contribution < 1.29 is 23.5 Å². The number of carboxylic acid groups (broad SMARTS) is 1. The Kier molecular flexibility index (Phi) is 4.84. The minimum atomic E-state index is -1.29. The lowest BCUT2D eigenvalue weighted by Gasteiger charge is -2.18. The van der Waals surface area contributed by atoms with Gasteiger partial charge in [0.25, 0.3) is 5.91 Å². The first-order valence-corrected chi connectivity index (χ1v) is 5.33. The van der Waals surface area contributed by atoms with Crippen LogP contribution in [0.1, 0.15) is 10.4 Å². The Bertz CT molecular complexity index is 569. The van der Waals surface area contributed by atoms with Crippen molar-refractivity contribution in [1.29, 1.82) is 0 Å². The fraction of sp³-hybridized carbons (Fsp3) is 0.167. The van der Waals surface area contributed by atoms with Crippen molar-refractivity contribution in [2.75, 3.05) is 13.1 Å². The number of halogens is 3. The lowest BCUT2D eigenvalue weighted by molar-refractivity contribution is -0.137. The largest absolute Gasteiger partial charge is 0.480 e. The van der Waals surface area contributed by atoms with Crippen molar-refractivity contribution >= 4 is 23.5 Å². The van der Waals surface area contributed by atoms with Crippen LogP contribution in [0.4, 0.5) is 8.78 Å². The van der Waals surface area contributed by atoms with Crippen molar-refractivity contribution in [3.8, 4) is 12.3 Å². The van der Waals surface area contributed by atoms with Gasteiger partial charge in [0.2, 0.25) is 0 Å². The topological polar surface area (TPSA) is 57.6 Å². The summed E-state index contributed by atoms with van der Waals surface area (Å²) in [7, 11) is 0. The number of amides is 1. The van der Waals surface area contributed by atoms with Crippen LogP contribution in [-0.2, 0) is 4.79 Å². The maximum Gasteiger partial charge on any atom is 0.323 e. The summed E-state index contributed by atoms with van der Waals surface area (Å²) >= 11 is 5.62. The van der Waals surface area contributed by atoms with Gasteiger partial charge in [-0.05, 0) is 12.1 Å². The molecule has 0 bridgehead atoms. The first-order chi connectivity index (χ1) is 8.86. The van der Waals surface area contributed by atoms with Crippen LogP contribution in [0.5, 0.6) is 0 Å². The zero-order valence-corrected chi connectivity index (χ0v) is 10.2. The molecule has 0 aliphatic rings. The summed E-state index contributed by atoms with van der Waals surface area (Å²) in [6.45, 7) is -0.960. The van der Waals surface area contributed by atoms with Gasteiger partial charge in [0, 0.05) is 0 Å². The maximum absolute atomic E-state index is 13.1. The second-order valence-electron chi connectivity index (χ2n) is 3.51. The van der Waals surface area contributed by atoms with Crippen LogP contribution in [0.2, 0.25) is 5.02 Å². The molecule has 1 rings (SSSR count). The van der Waals surface area contributed by atoms with E-state index in [1.807, 2.05) is 0 Å². The maximum atomic E-state index is 13.1. The molecule has 0 spiro atoms. The van der Waals surface area contributed by atoms with E-state index in [1.54, 1.807) is 0 Å². The number of rotatable bonds is 4. The lowest BCUT2D eigenvalue weighted by Crippen LogP contribution is -2.36. The van der Waals surface area contributed by atoms with Crippen molar-refractivity contribution in [1.82, 2.24) is 4.90 Å². The second kappa shape index (κ2) is 6.16. The number of carboxylic acids is 1. The normalized spacial score (nSPS) is 9.79. The number of nitrogens with zero attached hydrogens (tertiary/aromatic N) is 1. The van der Waals surface area contributed by atoms with Crippen LogP contribution in [0.15, 0.2) is 12.1 Å². The Balaban J connectivity index is 3.13. The van der Waals surface area contributed by atoms with E-state index in [0.29, 0.717) is 12.1 Å². The molecule has 0 radical (unpaired) electrons. The minimum Gasteiger partial charge on any atom is -0.480 e. The van der Waals surface area contributed by atoms with Gasteiger partial charge < -0.3 is 10.0 Å². The molecule has 0 heterocycles. The van der Waals surface area contributed by atoms with E-state index in [9.17, 15) is 18.4 Å². The predicted octanol–water partition coefficient (Wildman–Crippen LogP) is 1.78. The van der Waals surface area contributed by atoms with Gasteiger partial charge in [-0.15, -0.1) is 6.42 Å². The number of aliphatic carboxylic acids is 1. The molecule has 0 unspecified atom stereocenters. The highest BCUT2D eigenvalue weighted by atomic mass is 35.5. The summed E-state index contributed by atoms with van der Waals surface area (Å²) in [5, 5.41) is 8.32. The molecule has 19 heavy (non-hydrogen) atoms. The van der Waals surface area contributed by atoms with Crippen LogP contribution in [0.3, 0.4) is 0 Å². The van der Waals surface area contributed by atoms with E-state index in [1.165, 1.54) is 0 Å². The molecule has 1 aromatic carbocycles. The van der Waals surface area contributed by atoms with Crippen molar-refractivity contribution in [3.05, 3.63) is 34.4 Å². The third-order valence-electron chi connectivity index (χ3n) is 2.14. The Morgan fingerprint density at radius 3 is 2.47 bits per heavy atom. The summed E-state index contributed by atoms with van der Waals surface area (Å²) < 4.78 is 25.9. The molecule has 0 atom stereocenters. The zero-order valence-electron chi connectivity index (χ0n) is 9.49. The molecule has 4 nitrogen and oxygen atoms in total.